The molecule has 0 unspecified atom stereocenters. The summed E-state index contributed by atoms with van der Waals surface area (Å²) in [5, 5.41) is 0. The summed E-state index contributed by atoms with van der Waals surface area (Å²) in [4.78, 5) is 0. The van der Waals surface area contributed by atoms with Crippen molar-refractivity contribution >= 4 is 0 Å². The molecule has 0 fully saturated rings. The van der Waals surface area contributed by atoms with E-state index >= 15 is 0 Å². The molecule has 0 aliphatic carbocycles. The second-order valence-corrected chi connectivity index (χ2v) is 5.19. The number of benzene rings is 2. The van der Waals surface area contributed by atoms with Crippen molar-refractivity contribution in [1.82, 2.24) is 0 Å². The van der Waals surface area contributed by atoms with Gasteiger partial charge < -0.3 is 4.74 Å². The molecule has 0 radical (unpaired) electrons. The summed E-state index contributed by atoms with van der Waals surface area (Å²) in [5.74, 6) is 0.972. The quantitative estimate of drug-likeness (QED) is 0.609. The van der Waals surface area contributed by atoms with Crippen molar-refractivity contribution in [3.05, 3.63) is 65.7 Å². The third-order valence-corrected chi connectivity index (χ3v) is 3.49. The molecule has 106 valence electrons. The van der Waals surface area contributed by atoms with Crippen LogP contribution in [0.15, 0.2) is 54.6 Å². The van der Waals surface area contributed by atoms with Gasteiger partial charge in [-0.2, -0.15) is 0 Å². The molecule has 0 aliphatic rings. The van der Waals surface area contributed by atoms with E-state index in [0.29, 0.717) is 0 Å². The summed E-state index contributed by atoms with van der Waals surface area (Å²) >= 11 is 0. The zero-order valence-corrected chi connectivity index (χ0v) is 12.3. The topological polar surface area (TPSA) is 9.23 Å². The third-order valence-electron chi connectivity index (χ3n) is 3.49. The predicted molar refractivity (Wildman–Crippen MR) is 85.3 cm³/mol. The maximum atomic E-state index is 5.79. The minimum Gasteiger partial charge on any atom is -0.493 e. The van der Waals surface area contributed by atoms with Crippen molar-refractivity contribution in [3.63, 3.8) is 0 Å². The molecule has 0 aromatic heterocycles. The van der Waals surface area contributed by atoms with Gasteiger partial charge in [-0.15, -0.1) is 0 Å². The minimum atomic E-state index is 0.735. The fourth-order valence-electron chi connectivity index (χ4n) is 2.26. The molecular weight excluding hydrogens is 244 g/mol. The average molecular weight is 268 g/mol. The highest BCUT2D eigenvalue weighted by Crippen LogP contribution is 2.14. The van der Waals surface area contributed by atoms with Gasteiger partial charge in [-0.3, -0.25) is 0 Å². The van der Waals surface area contributed by atoms with Crippen molar-refractivity contribution in [2.45, 2.75) is 39.0 Å². The van der Waals surface area contributed by atoms with Crippen LogP contribution < -0.4 is 4.74 Å². The van der Waals surface area contributed by atoms with Crippen LogP contribution in [0.5, 0.6) is 5.75 Å². The van der Waals surface area contributed by atoms with Crippen LogP contribution in [0.1, 0.15) is 37.3 Å². The second kappa shape index (κ2) is 8.42. The van der Waals surface area contributed by atoms with Gasteiger partial charge in [0, 0.05) is 6.42 Å². The van der Waals surface area contributed by atoms with E-state index in [9.17, 15) is 0 Å². The lowest BCUT2D eigenvalue weighted by Gasteiger charge is -2.07. The summed E-state index contributed by atoms with van der Waals surface area (Å²) in [6.45, 7) is 2.98. The first-order valence-corrected chi connectivity index (χ1v) is 7.64. The van der Waals surface area contributed by atoms with E-state index in [-0.39, 0.29) is 0 Å². The monoisotopic (exact) mass is 268 g/mol. The van der Waals surface area contributed by atoms with Crippen molar-refractivity contribution in [2.75, 3.05) is 6.61 Å². The van der Waals surface area contributed by atoms with Gasteiger partial charge in [0.25, 0.3) is 0 Å². The number of aryl methyl sites for hydroxylation is 1. The molecule has 0 N–H and O–H groups in total. The Morgan fingerprint density at radius 2 is 1.45 bits per heavy atom. The largest absolute Gasteiger partial charge is 0.493 e. The van der Waals surface area contributed by atoms with E-state index in [0.717, 1.165) is 18.8 Å². The van der Waals surface area contributed by atoms with Gasteiger partial charge in [-0.1, -0.05) is 62.2 Å². The van der Waals surface area contributed by atoms with Gasteiger partial charge in [0.15, 0.2) is 0 Å². The molecule has 0 saturated carbocycles. The van der Waals surface area contributed by atoms with Gasteiger partial charge in [-0.25, -0.2) is 0 Å². The Morgan fingerprint density at radius 3 is 2.15 bits per heavy atom. The van der Waals surface area contributed by atoms with Crippen LogP contribution in [0.4, 0.5) is 0 Å². The van der Waals surface area contributed by atoms with Crippen molar-refractivity contribution in [1.29, 1.82) is 0 Å². The van der Waals surface area contributed by atoms with Crippen LogP contribution in [-0.2, 0) is 12.8 Å². The Kier molecular flexibility index (Phi) is 6.16. The second-order valence-electron chi connectivity index (χ2n) is 5.19. The highest BCUT2D eigenvalue weighted by Gasteiger charge is 1.97. The molecular formula is C19H24O. The summed E-state index contributed by atoms with van der Waals surface area (Å²) in [7, 11) is 0. The normalized spacial score (nSPS) is 10.4. The zero-order valence-electron chi connectivity index (χ0n) is 12.3. The maximum Gasteiger partial charge on any atom is 0.119 e. The first-order chi connectivity index (χ1) is 9.88. The number of hydrogen-bond donors (Lipinski definition) is 0. The highest BCUT2D eigenvalue weighted by atomic mass is 16.5. The Labute approximate surface area is 122 Å². The van der Waals surface area contributed by atoms with E-state index in [1.807, 2.05) is 6.07 Å². The molecule has 0 amide bonds. The zero-order chi connectivity index (χ0) is 14.0. The molecule has 0 saturated heterocycles. The number of hydrogen-bond acceptors (Lipinski definition) is 1. The van der Waals surface area contributed by atoms with Crippen LogP contribution >= 0.6 is 0 Å². The molecule has 0 bridgehead atoms. The lowest BCUT2D eigenvalue weighted by atomic mass is 10.1. The standard InChI is InChI=1S/C19H24O/c1-2-3-5-8-18-11-13-19(14-12-18)20-16-15-17-9-6-4-7-10-17/h4,6-7,9-14H,2-3,5,8,15-16H2,1H3. The smallest absolute Gasteiger partial charge is 0.119 e. The molecule has 1 heteroatoms. The molecule has 0 atom stereocenters. The molecule has 0 heterocycles. The van der Waals surface area contributed by atoms with E-state index in [2.05, 4.69) is 55.5 Å². The molecule has 2 aromatic carbocycles. The summed E-state index contributed by atoms with van der Waals surface area (Å²) < 4.78 is 5.79. The molecule has 20 heavy (non-hydrogen) atoms. The predicted octanol–water partition coefficient (Wildman–Crippen LogP) is 5.04. The molecule has 0 spiro atoms. The third kappa shape index (κ3) is 5.08. The van der Waals surface area contributed by atoms with Crippen LogP contribution in [0, 0.1) is 0 Å². The van der Waals surface area contributed by atoms with Crippen LogP contribution in [0.3, 0.4) is 0 Å². The average Bonchev–Trinajstić information content (AvgIpc) is 2.50. The SMILES string of the molecule is CCCCCc1ccc(OCCc2ccccc2)cc1. The molecule has 2 rings (SSSR count). The highest BCUT2D eigenvalue weighted by molar-refractivity contribution is 5.27. The maximum absolute atomic E-state index is 5.79. The van der Waals surface area contributed by atoms with Crippen molar-refractivity contribution < 1.29 is 4.74 Å². The summed E-state index contributed by atoms with van der Waals surface area (Å²) in [5.41, 5.74) is 2.73. The Bertz CT molecular complexity index is 473. The van der Waals surface area contributed by atoms with Gasteiger partial charge in [0.05, 0.1) is 6.61 Å². The molecule has 0 aliphatic heterocycles. The Balaban J connectivity index is 1.73. The van der Waals surface area contributed by atoms with Crippen LogP contribution in [-0.4, -0.2) is 6.61 Å². The fourth-order valence-corrected chi connectivity index (χ4v) is 2.26. The number of ether oxygens (including phenoxy) is 1. The van der Waals surface area contributed by atoms with Crippen molar-refractivity contribution in [2.24, 2.45) is 0 Å². The van der Waals surface area contributed by atoms with Gasteiger partial charge in [0.2, 0.25) is 0 Å². The summed E-state index contributed by atoms with van der Waals surface area (Å²) in [6, 6.07) is 19.0. The fraction of sp³-hybridized carbons (Fsp3) is 0.368. The van der Waals surface area contributed by atoms with Crippen LogP contribution in [0.2, 0.25) is 0 Å². The van der Waals surface area contributed by atoms with E-state index < -0.39 is 0 Å². The molecule has 1 nitrogen and oxygen atoms in total. The molecule has 2 aromatic rings. The number of unbranched alkanes of at least 4 members (excludes halogenated alkanes) is 2. The van der Waals surface area contributed by atoms with E-state index in [4.69, 9.17) is 4.74 Å². The van der Waals surface area contributed by atoms with Gasteiger partial charge in [0.1, 0.15) is 5.75 Å². The van der Waals surface area contributed by atoms with E-state index in [1.165, 1.54) is 36.8 Å². The number of rotatable bonds is 8. The van der Waals surface area contributed by atoms with Gasteiger partial charge in [-0.05, 0) is 36.1 Å². The lowest BCUT2D eigenvalue weighted by Crippen LogP contribution is -2.01. The van der Waals surface area contributed by atoms with Crippen molar-refractivity contribution in [3.8, 4) is 5.75 Å². The van der Waals surface area contributed by atoms with Gasteiger partial charge >= 0.3 is 0 Å². The lowest BCUT2D eigenvalue weighted by molar-refractivity contribution is 0.322. The Morgan fingerprint density at radius 1 is 0.750 bits per heavy atom. The van der Waals surface area contributed by atoms with Crippen LogP contribution in [0.25, 0.3) is 0 Å². The first kappa shape index (κ1) is 14.6. The summed E-state index contributed by atoms with van der Waals surface area (Å²) in [6.07, 6.45) is 6.01. The van der Waals surface area contributed by atoms with E-state index in [1.54, 1.807) is 0 Å². The minimum absolute atomic E-state index is 0.735. The Hall–Kier alpha value is -1.76. The first-order valence-electron chi connectivity index (χ1n) is 7.64.